The van der Waals surface area contributed by atoms with Crippen molar-refractivity contribution in [2.45, 2.75) is 53.2 Å². The summed E-state index contributed by atoms with van der Waals surface area (Å²) in [5.41, 5.74) is 3.22. The third-order valence-electron chi connectivity index (χ3n) is 4.14. The van der Waals surface area contributed by atoms with Gasteiger partial charge < -0.3 is 15.0 Å². The monoisotopic (exact) mass is 342 g/mol. The van der Waals surface area contributed by atoms with Gasteiger partial charge in [-0.05, 0) is 56.0 Å². The van der Waals surface area contributed by atoms with Gasteiger partial charge in [0.2, 0.25) is 0 Å². The van der Waals surface area contributed by atoms with Gasteiger partial charge in [0.05, 0.1) is 0 Å². The Morgan fingerprint density at radius 1 is 1.20 bits per heavy atom. The quantitative estimate of drug-likeness (QED) is 0.847. The summed E-state index contributed by atoms with van der Waals surface area (Å²) in [6.45, 7) is 9.79. The zero-order valence-corrected chi connectivity index (χ0v) is 15.5. The highest BCUT2D eigenvalue weighted by atomic mass is 16.5. The molecular formula is C20H26N2O3. The van der Waals surface area contributed by atoms with Crippen molar-refractivity contribution >= 4 is 5.91 Å². The van der Waals surface area contributed by atoms with E-state index in [0.29, 0.717) is 17.2 Å². The van der Waals surface area contributed by atoms with Crippen LogP contribution in [0.25, 0.3) is 0 Å². The summed E-state index contributed by atoms with van der Waals surface area (Å²) in [7, 11) is 0. The van der Waals surface area contributed by atoms with Crippen LogP contribution in [0.2, 0.25) is 0 Å². The molecule has 25 heavy (non-hydrogen) atoms. The number of H-pyrrole nitrogens is 1. The molecule has 5 nitrogen and oxygen atoms in total. The third-order valence-corrected chi connectivity index (χ3v) is 4.14. The number of amides is 1. The molecular weight excluding hydrogens is 316 g/mol. The molecule has 1 atom stereocenters. The van der Waals surface area contributed by atoms with Crippen molar-refractivity contribution in [2.75, 3.05) is 0 Å². The molecule has 2 rings (SSSR count). The summed E-state index contributed by atoms with van der Waals surface area (Å²) in [5.74, 6) is 0.802. The summed E-state index contributed by atoms with van der Waals surface area (Å²) >= 11 is 0. The Morgan fingerprint density at radius 2 is 1.92 bits per heavy atom. The van der Waals surface area contributed by atoms with E-state index >= 15 is 0 Å². The van der Waals surface area contributed by atoms with Gasteiger partial charge in [0, 0.05) is 17.8 Å². The number of benzene rings is 1. The second-order valence-corrected chi connectivity index (χ2v) is 6.65. The molecule has 1 aromatic heterocycles. The largest absolute Gasteiger partial charge is 0.481 e. The molecule has 0 saturated heterocycles. The minimum atomic E-state index is -0.646. The number of hydrogen-bond acceptors (Lipinski definition) is 3. The van der Waals surface area contributed by atoms with Crippen LogP contribution in [0.15, 0.2) is 35.1 Å². The lowest BCUT2D eigenvalue weighted by molar-refractivity contribution is -0.127. The predicted octanol–water partition coefficient (Wildman–Crippen LogP) is 3.20. The Bertz CT molecular complexity index is 809. The SMILES string of the molecule is Cc1cc(C)c(CNC(=O)[C@@H](C)Oc2cccc(C(C)C)c2)c(=O)[nH]1. The molecule has 1 heterocycles. The van der Waals surface area contributed by atoms with Crippen molar-refractivity contribution < 1.29 is 9.53 Å². The number of nitrogens with one attached hydrogen (secondary N) is 2. The normalized spacial score (nSPS) is 12.1. The highest BCUT2D eigenvalue weighted by molar-refractivity contribution is 5.80. The molecule has 0 unspecified atom stereocenters. The van der Waals surface area contributed by atoms with E-state index in [4.69, 9.17) is 4.74 Å². The van der Waals surface area contributed by atoms with E-state index in [9.17, 15) is 9.59 Å². The van der Waals surface area contributed by atoms with Crippen LogP contribution in [-0.4, -0.2) is 17.0 Å². The molecule has 0 bridgehead atoms. The lowest BCUT2D eigenvalue weighted by atomic mass is 10.0. The van der Waals surface area contributed by atoms with Gasteiger partial charge in [-0.2, -0.15) is 0 Å². The predicted molar refractivity (Wildman–Crippen MR) is 99.0 cm³/mol. The van der Waals surface area contributed by atoms with Crippen molar-refractivity contribution in [2.24, 2.45) is 0 Å². The molecule has 0 radical (unpaired) electrons. The van der Waals surface area contributed by atoms with Gasteiger partial charge >= 0.3 is 0 Å². The molecule has 0 fully saturated rings. The van der Waals surface area contributed by atoms with Crippen molar-refractivity contribution in [3.63, 3.8) is 0 Å². The van der Waals surface area contributed by atoms with Crippen molar-refractivity contribution in [3.8, 4) is 5.75 Å². The Hall–Kier alpha value is -2.56. The van der Waals surface area contributed by atoms with Gasteiger partial charge in [-0.25, -0.2) is 0 Å². The maximum Gasteiger partial charge on any atom is 0.261 e. The second-order valence-electron chi connectivity index (χ2n) is 6.65. The second kappa shape index (κ2) is 8.01. The Morgan fingerprint density at radius 3 is 2.56 bits per heavy atom. The zero-order chi connectivity index (χ0) is 18.6. The van der Waals surface area contributed by atoms with Crippen molar-refractivity contribution in [1.29, 1.82) is 0 Å². The lowest BCUT2D eigenvalue weighted by Gasteiger charge is -2.16. The van der Waals surface area contributed by atoms with Crippen LogP contribution in [0.3, 0.4) is 0 Å². The summed E-state index contributed by atoms with van der Waals surface area (Å²) < 4.78 is 5.74. The average Bonchev–Trinajstić information content (AvgIpc) is 2.53. The van der Waals surface area contributed by atoms with Gasteiger partial charge in [-0.3, -0.25) is 9.59 Å². The number of aromatic nitrogens is 1. The molecule has 0 aliphatic heterocycles. The van der Waals surface area contributed by atoms with Gasteiger partial charge in [0.25, 0.3) is 11.5 Å². The molecule has 2 N–H and O–H groups in total. The minimum Gasteiger partial charge on any atom is -0.481 e. The average molecular weight is 342 g/mol. The Balaban J connectivity index is 1.99. The van der Waals surface area contributed by atoms with E-state index in [1.807, 2.05) is 44.2 Å². The topological polar surface area (TPSA) is 71.2 Å². The first-order valence-corrected chi connectivity index (χ1v) is 8.51. The number of aryl methyl sites for hydroxylation is 2. The van der Waals surface area contributed by atoms with Crippen LogP contribution in [0, 0.1) is 13.8 Å². The Labute approximate surface area is 148 Å². The van der Waals surface area contributed by atoms with Gasteiger partial charge in [-0.15, -0.1) is 0 Å². The van der Waals surface area contributed by atoms with Gasteiger partial charge in [0.1, 0.15) is 5.75 Å². The highest BCUT2D eigenvalue weighted by Gasteiger charge is 2.16. The molecule has 0 aliphatic rings. The number of carbonyl (C=O) groups is 1. The van der Waals surface area contributed by atoms with Crippen LogP contribution < -0.4 is 15.6 Å². The van der Waals surface area contributed by atoms with E-state index in [1.165, 1.54) is 0 Å². The maximum absolute atomic E-state index is 12.3. The van der Waals surface area contributed by atoms with Gasteiger partial charge in [-0.1, -0.05) is 26.0 Å². The van der Waals surface area contributed by atoms with E-state index in [-0.39, 0.29) is 18.0 Å². The molecule has 0 saturated carbocycles. The van der Waals surface area contributed by atoms with Crippen LogP contribution in [0.4, 0.5) is 0 Å². The lowest BCUT2D eigenvalue weighted by Crippen LogP contribution is -2.37. The summed E-state index contributed by atoms with van der Waals surface area (Å²) in [4.78, 5) is 27.0. The first-order chi connectivity index (χ1) is 11.8. The molecule has 0 aliphatic carbocycles. The Kier molecular flexibility index (Phi) is 6.02. The minimum absolute atomic E-state index is 0.170. The highest BCUT2D eigenvalue weighted by Crippen LogP contribution is 2.21. The van der Waals surface area contributed by atoms with Gasteiger partial charge in [0.15, 0.2) is 6.10 Å². The van der Waals surface area contributed by atoms with E-state index in [1.54, 1.807) is 6.92 Å². The van der Waals surface area contributed by atoms with Crippen LogP contribution >= 0.6 is 0 Å². The zero-order valence-electron chi connectivity index (χ0n) is 15.5. The number of hydrogen-bond donors (Lipinski definition) is 2. The number of carbonyl (C=O) groups excluding carboxylic acids is 1. The summed E-state index contributed by atoms with van der Waals surface area (Å²) in [5, 5.41) is 2.77. The number of ether oxygens (including phenoxy) is 1. The first kappa shape index (κ1) is 18.8. The molecule has 1 aromatic carbocycles. The maximum atomic E-state index is 12.3. The number of pyridine rings is 1. The van der Waals surface area contributed by atoms with Crippen molar-refractivity contribution in [3.05, 3.63) is 63.1 Å². The number of rotatable bonds is 6. The fraction of sp³-hybridized carbons (Fsp3) is 0.400. The summed E-state index contributed by atoms with van der Waals surface area (Å²) in [6, 6.07) is 9.63. The molecule has 0 spiro atoms. The van der Waals surface area contributed by atoms with E-state index in [2.05, 4.69) is 24.1 Å². The molecule has 5 heteroatoms. The fourth-order valence-electron chi connectivity index (χ4n) is 2.63. The molecule has 1 amide bonds. The van der Waals surface area contributed by atoms with Crippen LogP contribution in [0.1, 0.15) is 49.1 Å². The third kappa shape index (κ3) is 4.95. The molecule has 134 valence electrons. The fourth-order valence-corrected chi connectivity index (χ4v) is 2.63. The standard InChI is InChI=1S/C20H26N2O3/c1-12(2)16-7-6-8-17(10-16)25-15(5)19(23)21-11-18-13(3)9-14(4)22-20(18)24/h6-10,12,15H,11H2,1-5H3,(H,21,23)(H,22,24)/t15-/m1/s1. The van der Waals surface area contributed by atoms with E-state index in [0.717, 1.165) is 16.8 Å². The first-order valence-electron chi connectivity index (χ1n) is 8.51. The summed E-state index contributed by atoms with van der Waals surface area (Å²) in [6.07, 6.45) is -0.646. The molecule has 2 aromatic rings. The number of aromatic amines is 1. The van der Waals surface area contributed by atoms with Crippen LogP contribution in [-0.2, 0) is 11.3 Å². The smallest absolute Gasteiger partial charge is 0.261 e. The van der Waals surface area contributed by atoms with E-state index < -0.39 is 6.10 Å². The van der Waals surface area contributed by atoms with Crippen LogP contribution in [0.5, 0.6) is 5.75 Å². The van der Waals surface area contributed by atoms with Crippen molar-refractivity contribution in [1.82, 2.24) is 10.3 Å².